The molecule has 1 heterocycles. The second-order valence-corrected chi connectivity index (χ2v) is 4.33. The number of nitrogens with zero attached hydrogens (tertiary/aromatic N) is 2. The van der Waals surface area contributed by atoms with Gasteiger partial charge in [-0.3, -0.25) is 0 Å². The number of methoxy groups -OCH3 is 1. The summed E-state index contributed by atoms with van der Waals surface area (Å²) < 4.78 is 12.7. The van der Waals surface area contributed by atoms with E-state index in [4.69, 9.17) is 20.5 Å². The number of ether oxygens (including phenoxy) is 2. The molecular weight excluding hydrogens is 254 g/mol. The number of nitriles is 1. The second kappa shape index (κ2) is 6.02. The highest BCUT2D eigenvalue weighted by Gasteiger charge is 2.14. The smallest absolute Gasteiger partial charge is 0.224 e. The van der Waals surface area contributed by atoms with Crippen molar-refractivity contribution in [1.29, 1.82) is 5.26 Å². The average molecular weight is 271 g/mol. The quantitative estimate of drug-likeness (QED) is 0.906. The third-order valence-electron chi connectivity index (χ3n) is 2.91. The summed E-state index contributed by atoms with van der Waals surface area (Å²) >= 11 is 0. The van der Waals surface area contributed by atoms with Crippen LogP contribution in [0.2, 0.25) is 0 Å². The van der Waals surface area contributed by atoms with Crippen molar-refractivity contribution < 1.29 is 9.47 Å². The van der Waals surface area contributed by atoms with E-state index in [1.807, 2.05) is 19.1 Å². The summed E-state index contributed by atoms with van der Waals surface area (Å²) in [6.45, 7) is 2.72. The van der Waals surface area contributed by atoms with Gasteiger partial charge < -0.3 is 19.8 Å². The Bertz CT molecular complexity index is 624. The zero-order valence-electron chi connectivity index (χ0n) is 11.6. The van der Waals surface area contributed by atoms with Crippen molar-refractivity contribution in [2.75, 3.05) is 12.8 Å². The van der Waals surface area contributed by atoms with E-state index in [9.17, 15) is 0 Å². The van der Waals surface area contributed by atoms with E-state index < -0.39 is 0 Å². The highest BCUT2D eigenvalue weighted by atomic mass is 16.5. The topological polar surface area (TPSA) is 73.2 Å². The first-order valence-electron chi connectivity index (χ1n) is 6.40. The molecule has 1 aromatic carbocycles. The van der Waals surface area contributed by atoms with Crippen molar-refractivity contribution in [3.63, 3.8) is 0 Å². The van der Waals surface area contributed by atoms with Crippen LogP contribution in [-0.2, 0) is 6.54 Å². The summed E-state index contributed by atoms with van der Waals surface area (Å²) in [5, 5.41) is 9.12. The van der Waals surface area contributed by atoms with Crippen LogP contribution in [0.3, 0.4) is 0 Å². The summed E-state index contributed by atoms with van der Waals surface area (Å²) in [5.74, 6) is 1.91. The SMILES string of the molecule is CCCn1c(C#N)cc(N)c1Oc1ccc(OC)cc1. The van der Waals surface area contributed by atoms with Crippen LogP contribution in [0, 0.1) is 11.3 Å². The van der Waals surface area contributed by atoms with Gasteiger partial charge in [0, 0.05) is 12.6 Å². The molecule has 2 aromatic rings. The molecule has 0 aliphatic heterocycles. The van der Waals surface area contributed by atoms with Gasteiger partial charge in [0.05, 0.1) is 12.8 Å². The molecule has 0 aliphatic carbocycles. The molecule has 0 fully saturated rings. The van der Waals surface area contributed by atoms with Crippen molar-refractivity contribution >= 4 is 5.69 Å². The third-order valence-corrected chi connectivity index (χ3v) is 2.91. The summed E-state index contributed by atoms with van der Waals surface area (Å²) in [6, 6.07) is 11.0. The van der Waals surface area contributed by atoms with Crippen LogP contribution in [0.5, 0.6) is 17.4 Å². The molecule has 1 aromatic heterocycles. The van der Waals surface area contributed by atoms with E-state index in [2.05, 4.69) is 6.07 Å². The zero-order chi connectivity index (χ0) is 14.5. The van der Waals surface area contributed by atoms with Crippen LogP contribution in [0.15, 0.2) is 30.3 Å². The van der Waals surface area contributed by atoms with Crippen LogP contribution in [-0.4, -0.2) is 11.7 Å². The number of aromatic nitrogens is 1. The zero-order valence-corrected chi connectivity index (χ0v) is 11.6. The molecule has 0 atom stereocenters. The first kappa shape index (κ1) is 13.8. The molecule has 0 amide bonds. The van der Waals surface area contributed by atoms with Gasteiger partial charge in [-0.15, -0.1) is 0 Å². The fraction of sp³-hybridized carbons (Fsp3) is 0.267. The molecule has 0 saturated heterocycles. The van der Waals surface area contributed by atoms with Gasteiger partial charge in [0.25, 0.3) is 0 Å². The summed E-state index contributed by atoms with van der Waals surface area (Å²) in [5.41, 5.74) is 6.90. The van der Waals surface area contributed by atoms with E-state index in [0.717, 1.165) is 12.2 Å². The van der Waals surface area contributed by atoms with Gasteiger partial charge in [-0.1, -0.05) is 6.92 Å². The maximum absolute atomic E-state index is 9.12. The fourth-order valence-electron chi connectivity index (χ4n) is 1.96. The van der Waals surface area contributed by atoms with E-state index >= 15 is 0 Å². The first-order valence-corrected chi connectivity index (χ1v) is 6.40. The number of anilines is 1. The van der Waals surface area contributed by atoms with Gasteiger partial charge in [-0.2, -0.15) is 5.26 Å². The number of hydrogen-bond donors (Lipinski definition) is 1. The molecule has 0 bridgehead atoms. The van der Waals surface area contributed by atoms with Crippen molar-refractivity contribution in [3.05, 3.63) is 36.0 Å². The lowest BCUT2D eigenvalue weighted by Gasteiger charge is -2.11. The van der Waals surface area contributed by atoms with E-state index in [-0.39, 0.29) is 0 Å². The van der Waals surface area contributed by atoms with Crippen LogP contribution in [0.1, 0.15) is 19.0 Å². The largest absolute Gasteiger partial charge is 0.497 e. The maximum atomic E-state index is 9.12. The predicted octanol–water partition coefficient (Wildman–Crippen LogP) is 3.15. The summed E-state index contributed by atoms with van der Waals surface area (Å²) in [6.07, 6.45) is 0.891. The van der Waals surface area contributed by atoms with Gasteiger partial charge in [-0.05, 0) is 30.7 Å². The first-order chi connectivity index (χ1) is 9.69. The monoisotopic (exact) mass is 271 g/mol. The number of nitrogens with two attached hydrogens (primary N) is 1. The normalized spacial score (nSPS) is 10.1. The Morgan fingerprint density at radius 1 is 1.25 bits per heavy atom. The minimum absolute atomic E-state index is 0.464. The lowest BCUT2D eigenvalue weighted by molar-refractivity contribution is 0.409. The second-order valence-electron chi connectivity index (χ2n) is 4.33. The van der Waals surface area contributed by atoms with E-state index in [1.165, 1.54) is 0 Å². The molecule has 20 heavy (non-hydrogen) atoms. The Kier molecular flexibility index (Phi) is 4.16. The highest BCUT2D eigenvalue weighted by molar-refractivity contribution is 5.56. The van der Waals surface area contributed by atoms with Gasteiger partial charge in [0.2, 0.25) is 5.88 Å². The van der Waals surface area contributed by atoms with Crippen molar-refractivity contribution in [2.45, 2.75) is 19.9 Å². The molecule has 0 unspecified atom stereocenters. The standard InChI is InChI=1S/C15H17N3O2/c1-3-8-18-11(10-16)9-14(17)15(18)20-13-6-4-12(19-2)5-7-13/h4-7,9H,3,8,17H2,1-2H3. The molecule has 104 valence electrons. The lowest BCUT2D eigenvalue weighted by Crippen LogP contribution is -2.03. The Balaban J connectivity index is 2.32. The minimum Gasteiger partial charge on any atom is -0.497 e. The molecule has 5 nitrogen and oxygen atoms in total. The van der Waals surface area contributed by atoms with Crippen LogP contribution in [0.4, 0.5) is 5.69 Å². The number of nitrogen functional groups attached to an aromatic ring is 1. The van der Waals surface area contributed by atoms with Gasteiger partial charge in [0.1, 0.15) is 23.3 Å². The summed E-state index contributed by atoms with van der Waals surface area (Å²) in [7, 11) is 1.61. The average Bonchev–Trinajstić information content (AvgIpc) is 2.77. The Morgan fingerprint density at radius 2 is 1.90 bits per heavy atom. The molecule has 2 N–H and O–H groups in total. The number of hydrogen-bond acceptors (Lipinski definition) is 4. The number of rotatable bonds is 5. The van der Waals surface area contributed by atoms with Crippen LogP contribution in [0.25, 0.3) is 0 Å². The minimum atomic E-state index is 0.464. The number of benzene rings is 1. The van der Waals surface area contributed by atoms with Crippen LogP contribution < -0.4 is 15.2 Å². The van der Waals surface area contributed by atoms with Crippen molar-refractivity contribution in [2.24, 2.45) is 0 Å². The molecule has 0 saturated carbocycles. The molecule has 0 aliphatic rings. The summed E-state index contributed by atoms with van der Waals surface area (Å²) in [4.78, 5) is 0. The highest BCUT2D eigenvalue weighted by Crippen LogP contribution is 2.32. The molecule has 0 spiro atoms. The fourth-order valence-corrected chi connectivity index (χ4v) is 1.96. The third kappa shape index (κ3) is 2.69. The van der Waals surface area contributed by atoms with Crippen LogP contribution >= 0.6 is 0 Å². The Labute approximate surface area is 118 Å². The van der Waals surface area contributed by atoms with Crippen molar-refractivity contribution in [3.8, 4) is 23.4 Å². The van der Waals surface area contributed by atoms with Gasteiger partial charge in [0.15, 0.2) is 0 Å². The van der Waals surface area contributed by atoms with Crippen molar-refractivity contribution in [1.82, 2.24) is 4.57 Å². The van der Waals surface area contributed by atoms with Gasteiger partial charge in [-0.25, -0.2) is 0 Å². The van der Waals surface area contributed by atoms with Gasteiger partial charge >= 0.3 is 0 Å². The van der Waals surface area contributed by atoms with E-state index in [0.29, 0.717) is 29.6 Å². The Hall–Kier alpha value is -2.61. The van der Waals surface area contributed by atoms with E-state index in [1.54, 1.807) is 29.9 Å². The maximum Gasteiger partial charge on any atom is 0.224 e. The molecule has 2 rings (SSSR count). The molecule has 5 heteroatoms. The lowest BCUT2D eigenvalue weighted by atomic mass is 10.3. The molecule has 0 radical (unpaired) electrons. The predicted molar refractivity (Wildman–Crippen MR) is 76.9 cm³/mol. The Morgan fingerprint density at radius 3 is 2.45 bits per heavy atom. The molecular formula is C15H17N3O2.